The van der Waals surface area contributed by atoms with Gasteiger partial charge in [0.1, 0.15) is 12.1 Å². The van der Waals surface area contributed by atoms with Crippen molar-refractivity contribution in [3.05, 3.63) is 48.4 Å². The number of aromatic nitrogens is 2. The molecule has 0 bridgehead atoms. The average Bonchev–Trinajstić information content (AvgIpc) is 2.85. The molecule has 1 saturated heterocycles. The van der Waals surface area contributed by atoms with Crippen LogP contribution >= 0.6 is 0 Å². The van der Waals surface area contributed by atoms with Crippen LogP contribution in [0.2, 0.25) is 0 Å². The first-order valence-corrected chi connectivity index (χ1v) is 12.1. The maximum Gasteiger partial charge on any atom is 0.321 e. The zero-order valence-electron chi connectivity index (χ0n) is 19.2. The number of carbonyl (C=O) groups excluding carboxylic acids is 1. The molecule has 2 amide bonds. The summed E-state index contributed by atoms with van der Waals surface area (Å²) in [5.74, 6) is 1.78. The molecular weight excluding hydrogens is 400 g/mol. The highest BCUT2D eigenvalue weighted by Gasteiger charge is 2.22. The van der Waals surface area contributed by atoms with Gasteiger partial charge < -0.3 is 20.4 Å². The molecule has 0 spiro atoms. The van der Waals surface area contributed by atoms with Gasteiger partial charge in [0.15, 0.2) is 0 Å². The van der Waals surface area contributed by atoms with E-state index in [1.165, 1.54) is 38.5 Å². The fourth-order valence-electron chi connectivity index (χ4n) is 4.89. The highest BCUT2D eigenvalue weighted by molar-refractivity contribution is 5.90. The minimum Gasteiger partial charge on any atom is -0.353 e. The fraction of sp³-hybridized carbons (Fsp3) is 0.560. The number of urea groups is 1. The van der Waals surface area contributed by atoms with Gasteiger partial charge in [0.25, 0.3) is 0 Å². The van der Waals surface area contributed by atoms with Gasteiger partial charge in [0.2, 0.25) is 0 Å². The molecule has 1 aromatic carbocycles. The lowest BCUT2D eigenvalue weighted by molar-refractivity contribution is 0.208. The van der Waals surface area contributed by atoms with Gasteiger partial charge in [-0.05, 0) is 37.0 Å². The quantitative estimate of drug-likeness (QED) is 0.678. The van der Waals surface area contributed by atoms with Crippen LogP contribution in [0.4, 0.5) is 16.3 Å². The lowest BCUT2D eigenvalue weighted by Crippen LogP contribution is -2.50. The van der Waals surface area contributed by atoms with E-state index in [1.807, 2.05) is 29.2 Å². The molecule has 2 aromatic rings. The van der Waals surface area contributed by atoms with E-state index in [9.17, 15) is 4.79 Å². The average molecular weight is 437 g/mol. The van der Waals surface area contributed by atoms with E-state index >= 15 is 0 Å². The van der Waals surface area contributed by atoms with Crippen LogP contribution in [0.25, 0.3) is 0 Å². The van der Waals surface area contributed by atoms with Crippen LogP contribution < -0.4 is 15.5 Å². The Bertz CT molecular complexity index is 847. The topological polar surface area (TPSA) is 73.4 Å². The van der Waals surface area contributed by atoms with Crippen LogP contribution in [0.1, 0.15) is 51.0 Å². The second-order valence-corrected chi connectivity index (χ2v) is 9.15. The van der Waals surface area contributed by atoms with Crippen molar-refractivity contribution in [2.45, 2.75) is 58.0 Å². The molecule has 1 saturated carbocycles. The van der Waals surface area contributed by atoms with Crippen LogP contribution in [0, 0.1) is 5.92 Å². The van der Waals surface area contributed by atoms with Gasteiger partial charge in [-0.15, -0.1) is 0 Å². The molecule has 1 aromatic heterocycles. The van der Waals surface area contributed by atoms with E-state index in [-0.39, 0.29) is 6.03 Å². The third-order valence-corrected chi connectivity index (χ3v) is 6.77. The summed E-state index contributed by atoms with van der Waals surface area (Å²) in [6.45, 7) is 5.95. The van der Waals surface area contributed by atoms with Gasteiger partial charge >= 0.3 is 6.03 Å². The van der Waals surface area contributed by atoms with Crippen LogP contribution in [0.3, 0.4) is 0 Å². The molecule has 2 aliphatic rings. The molecular formula is C25H36N6O. The Morgan fingerprint density at radius 1 is 1.09 bits per heavy atom. The maximum atomic E-state index is 12.9. The molecule has 2 N–H and O–H groups in total. The Hall–Kier alpha value is -2.67. The number of piperazine rings is 1. The second kappa shape index (κ2) is 11.3. The van der Waals surface area contributed by atoms with Crippen molar-refractivity contribution in [3.63, 3.8) is 0 Å². The molecule has 2 fully saturated rings. The van der Waals surface area contributed by atoms with Gasteiger partial charge in [0.05, 0.1) is 0 Å². The molecule has 1 atom stereocenters. The van der Waals surface area contributed by atoms with Crippen molar-refractivity contribution in [2.75, 3.05) is 36.4 Å². The predicted octanol–water partition coefficient (Wildman–Crippen LogP) is 4.28. The van der Waals surface area contributed by atoms with Crippen molar-refractivity contribution in [1.29, 1.82) is 0 Å². The third-order valence-electron chi connectivity index (χ3n) is 6.77. The first kappa shape index (κ1) is 22.5. The van der Waals surface area contributed by atoms with Crippen molar-refractivity contribution in [2.24, 2.45) is 5.92 Å². The van der Waals surface area contributed by atoms with Crippen molar-refractivity contribution >= 4 is 17.5 Å². The van der Waals surface area contributed by atoms with Gasteiger partial charge in [-0.3, -0.25) is 0 Å². The normalized spacial score (nSPS) is 18.4. The standard InChI is InChI=1S/C25H36N6O/c1-20(17-21-7-3-2-4-8-21)27-18-22-9-5-6-10-23(22)29-25(32)31-15-13-30(14-16-31)24-11-12-26-19-28-24/h5-6,9-12,19-21,27H,2-4,7-8,13-18H2,1H3,(H,29,32). The largest absolute Gasteiger partial charge is 0.353 e. The van der Waals surface area contributed by atoms with E-state index in [2.05, 4.69) is 38.5 Å². The lowest BCUT2D eigenvalue weighted by Gasteiger charge is -2.35. The summed E-state index contributed by atoms with van der Waals surface area (Å²) in [5.41, 5.74) is 2.03. The number of hydrogen-bond donors (Lipinski definition) is 2. The molecule has 4 rings (SSSR count). The van der Waals surface area contributed by atoms with E-state index in [4.69, 9.17) is 0 Å². The molecule has 1 unspecified atom stereocenters. The molecule has 1 aliphatic heterocycles. The van der Waals surface area contributed by atoms with Crippen molar-refractivity contribution in [1.82, 2.24) is 20.2 Å². The van der Waals surface area contributed by atoms with Crippen LogP contribution in [-0.4, -0.2) is 53.1 Å². The van der Waals surface area contributed by atoms with Crippen molar-refractivity contribution in [3.8, 4) is 0 Å². The number of carbonyl (C=O) groups is 1. The summed E-state index contributed by atoms with van der Waals surface area (Å²) < 4.78 is 0. The number of nitrogens with one attached hydrogen (secondary N) is 2. The summed E-state index contributed by atoms with van der Waals surface area (Å²) in [6.07, 6.45) is 11.5. The molecule has 7 heteroatoms. The Morgan fingerprint density at radius 3 is 2.62 bits per heavy atom. The first-order chi connectivity index (χ1) is 15.7. The number of anilines is 2. The van der Waals surface area contributed by atoms with Gasteiger partial charge in [0, 0.05) is 50.6 Å². The number of amides is 2. The molecule has 172 valence electrons. The number of nitrogens with zero attached hydrogens (tertiary/aromatic N) is 4. The Labute approximate surface area is 191 Å². The minimum atomic E-state index is -0.0324. The molecule has 32 heavy (non-hydrogen) atoms. The SMILES string of the molecule is CC(CC1CCCCC1)NCc1ccccc1NC(=O)N1CCN(c2ccncn2)CC1. The smallest absolute Gasteiger partial charge is 0.321 e. The van der Waals surface area contributed by atoms with Gasteiger partial charge in [-0.25, -0.2) is 14.8 Å². The van der Waals surface area contributed by atoms with E-state index in [0.717, 1.165) is 42.6 Å². The third kappa shape index (κ3) is 6.19. The molecule has 1 aliphatic carbocycles. The summed E-state index contributed by atoms with van der Waals surface area (Å²) in [6, 6.07) is 10.5. The fourth-order valence-corrected chi connectivity index (χ4v) is 4.89. The lowest BCUT2D eigenvalue weighted by atomic mass is 9.85. The summed E-state index contributed by atoms with van der Waals surface area (Å²) in [5, 5.41) is 6.82. The minimum absolute atomic E-state index is 0.0324. The summed E-state index contributed by atoms with van der Waals surface area (Å²) in [7, 11) is 0. The number of para-hydroxylation sites is 1. The Morgan fingerprint density at radius 2 is 1.88 bits per heavy atom. The molecule has 2 heterocycles. The number of hydrogen-bond acceptors (Lipinski definition) is 5. The first-order valence-electron chi connectivity index (χ1n) is 12.1. The van der Waals surface area contributed by atoms with E-state index in [1.54, 1.807) is 12.5 Å². The van der Waals surface area contributed by atoms with Crippen LogP contribution in [0.5, 0.6) is 0 Å². The monoisotopic (exact) mass is 436 g/mol. The van der Waals surface area contributed by atoms with E-state index in [0.29, 0.717) is 19.1 Å². The van der Waals surface area contributed by atoms with Crippen molar-refractivity contribution < 1.29 is 4.79 Å². The zero-order chi connectivity index (χ0) is 22.2. The number of benzene rings is 1. The maximum absolute atomic E-state index is 12.9. The summed E-state index contributed by atoms with van der Waals surface area (Å²) >= 11 is 0. The second-order valence-electron chi connectivity index (χ2n) is 9.15. The molecule has 7 nitrogen and oxygen atoms in total. The summed E-state index contributed by atoms with van der Waals surface area (Å²) in [4.78, 5) is 25.3. The van der Waals surface area contributed by atoms with Gasteiger partial charge in [-0.1, -0.05) is 50.3 Å². The molecule has 0 radical (unpaired) electrons. The number of rotatable bonds is 7. The zero-order valence-corrected chi connectivity index (χ0v) is 19.2. The Kier molecular flexibility index (Phi) is 7.93. The van der Waals surface area contributed by atoms with Crippen LogP contribution in [0.15, 0.2) is 42.9 Å². The van der Waals surface area contributed by atoms with Gasteiger partial charge in [-0.2, -0.15) is 0 Å². The van der Waals surface area contributed by atoms with Crippen LogP contribution in [-0.2, 0) is 6.54 Å². The highest BCUT2D eigenvalue weighted by Crippen LogP contribution is 2.27. The highest BCUT2D eigenvalue weighted by atomic mass is 16.2. The Balaban J connectivity index is 1.26. The van der Waals surface area contributed by atoms with E-state index < -0.39 is 0 Å². The predicted molar refractivity (Wildman–Crippen MR) is 129 cm³/mol.